The first kappa shape index (κ1) is 21.8. The van der Waals surface area contributed by atoms with E-state index in [-0.39, 0.29) is 11.9 Å². The van der Waals surface area contributed by atoms with Gasteiger partial charge in [-0.1, -0.05) is 17.3 Å². The van der Waals surface area contributed by atoms with Crippen LogP contribution in [0.5, 0.6) is 5.75 Å². The van der Waals surface area contributed by atoms with E-state index in [2.05, 4.69) is 10.1 Å². The van der Waals surface area contributed by atoms with Gasteiger partial charge in [0.2, 0.25) is 5.95 Å². The Labute approximate surface area is 188 Å². The van der Waals surface area contributed by atoms with E-state index >= 15 is 0 Å². The normalized spacial score (nSPS) is 16.1. The highest BCUT2D eigenvalue weighted by molar-refractivity contribution is 5.97. The van der Waals surface area contributed by atoms with Crippen LogP contribution in [0.25, 0.3) is 11.3 Å². The highest BCUT2D eigenvalue weighted by Gasteiger charge is 2.34. The second-order valence-corrected chi connectivity index (χ2v) is 8.14. The molecule has 0 radical (unpaired) electrons. The number of carbonyl (C=O) groups is 1. The summed E-state index contributed by atoms with van der Waals surface area (Å²) < 4.78 is 11.3. The van der Waals surface area contributed by atoms with Crippen LogP contribution in [0.15, 0.2) is 41.1 Å². The predicted octanol–water partition coefficient (Wildman–Crippen LogP) is 4.27. The molecule has 0 unspecified atom stereocenters. The lowest BCUT2D eigenvalue weighted by Crippen LogP contribution is -2.39. The van der Waals surface area contributed by atoms with Crippen LogP contribution < -0.4 is 9.64 Å². The first-order valence-electron chi connectivity index (χ1n) is 11.0. The van der Waals surface area contributed by atoms with Crippen molar-refractivity contribution in [2.24, 2.45) is 0 Å². The molecule has 32 heavy (non-hydrogen) atoms. The molecule has 0 aliphatic carbocycles. The molecule has 1 atom stereocenters. The number of para-hydroxylation sites is 1. The summed E-state index contributed by atoms with van der Waals surface area (Å²) in [6.45, 7) is 4.95. The van der Waals surface area contributed by atoms with Crippen molar-refractivity contribution in [3.63, 3.8) is 0 Å². The van der Waals surface area contributed by atoms with Gasteiger partial charge in [0.15, 0.2) is 5.76 Å². The lowest BCUT2D eigenvalue weighted by molar-refractivity contribution is 0.0602. The summed E-state index contributed by atoms with van der Waals surface area (Å²) >= 11 is 0. The van der Waals surface area contributed by atoms with Crippen molar-refractivity contribution in [2.75, 3.05) is 32.1 Å². The second-order valence-electron chi connectivity index (χ2n) is 8.14. The van der Waals surface area contributed by atoms with E-state index in [9.17, 15) is 4.79 Å². The molecule has 3 aromatic rings. The number of ether oxygens (including phenoxy) is 1. The highest BCUT2D eigenvalue weighted by atomic mass is 16.5. The Morgan fingerprint density at radius 2 is 2.09 bits per heavy atom. The maximum Gasteiger partial charge on any atom is 0.258 e. The van der Waals surface area contributed by atoms with E-state index in [1.165, 1.54) is 0 Å². The van der Waals surface area contributed by atoms with Crippen LogP contribution in [-0.2, 0) is 0 Å². The first-order chi connectivity index (χ1) is 15.5. The zero-order valence-corrected chi connectivity index (χ0v) is 19.0. The zero-order valence-electron chi connectivity index (χ0n) is 19.0. The molecule has 168 valence electrons. The molecule has 3 heterocycles. The smallest absolute Gasteiger partial charge is 0.258 e. The largest absolute Gasteiger partial charge is 0.493 e. The van der Waals surface area contributed by atoms with Crippen LogP contribution in [0.1, 0.15) is 54.0 Å². The Morgan fingerprint density at radius 1 is 1.28 bits per heavy atom. The van der Waals surface area contributed by atoms with Gasteiger partial charge in [-0.05, 0) is 45.2 Å². The van der Waals surface area contributed by atoms with E-state index in [0.717, 1.165) is 36.2 Å². The van der Waals surface area contributed by atoms with E-state index in [4.69, 9.17) is 14.2 Å². The number of piperidine rings is 1. The number of likely N-dealkylation sites (tertiary alicyclic amines) is 1. The van der Waals surface area contributed by atoms with Crippen molar-refractivity contribution in [1.82, 2.24) is 20.0 Å². The minimum atomic E-state index is -0.201. The maximum absolute atomic E-state index is 13.7. The van der Waals surface area contributed by atoms with Crippen LogP contribution >= 0.6 is 0 Å². The van der Waals surface area contributed by atoms with Gasteiger partial charge in [-0.15, -0.1) is 0 Å². The fourth-order valence-electron chi connectivity index (χ4n) is 4.07. The monoisotopic (exact) mass is 435 g/mol. The fourth-order valence-corrected chi connectivity index (χ4v) is 4.07. The second kappa shape index (κ2) is 9.38. The fraction of sp³-hybridized carbons (Fsp3) is 0.417. The van der Waals surface area contributed by atoms with Crippen molar-refractivity contribution >= 4 is 11.9 Å². The first-order valence-corrected chi connectivity index (χ1v) is 11.0. The van der Waals surface area contributed by atoms with Crippen LogP contribution in [0, 0.1) is 6.92 Å². The molecular formula is C24H29N5O3. The average Bonchev–Trinajstić information content (AvgIpc) is 3.25. The molecule has 1 aromatic carbocycles. The average molecular weight is 436 g/mol. The van der Waals surface area contributed by atoms with Gasteiger partial charge in [-0.3, -0.25) is 4.79 Å². The number of aromatic nitrogens is 3. The number of hydrogen-bond donors (Lipinski definition) is 0. The lowest BCUT2D eigenvalue weighted by atomic mass is 9.94. The Bertz CT molecular complexity index is 1090. The Kier molecular flexibility index (Phi) is 6.39. The Hall–Kier alpha value is -3.42. The van der Waals surface area contributed by atoms with Gasteiger partial charge in [-0.2, -0.15) is 0 Å². The van der Waals surface area contributed by atoms with E-state index in [1.807, 2.05) is 68.1 Å². The summed E-state index contributed by atoms with van der Waals surface area (Å²) in [6.07, 6.45) is 4.54. The predicted molar refractivity (Wildman–Crippen MR) is 122 cm³/mol. The molecule has 8 heteroatoms. The van der Waals surface area contributed by atoms with Crippen LogP contribution in [0.4, 0.5) is 5.95 Å². The molecule has 1 saturated heterocycles. The van der Waals surface area contributed by atoms with Crippen molar-refractivity contribution in [2.45, 2.75) is 39.2 Å². The van der Waals surface area contributed by atoms with E-state index < -0.39 is 0 Å². The summed E-state index contributed by atoms with van der Waals surface area (Å²) in [5, 5.41) is 4.03. The molecule has 0 bridgehead atoms. The molecule has 0 spiro atoms. The summed E-state index contributed by atoms with van der Waals surface area (Å²) in [6, 6.07) is 9.09. The van der Waals surface area contributed by atoms with Crippen molar-refractivity contribution in [3.05, 3.63) is 53.5 Å². The summed E-state index contributed by atoms with van der Waals surface area (Å²) in [7, 11) is 3.80. The lowest BCUT2D eigenvalue weighted by Gasteiger charge is -2.36. The number of amides is 1. The third kappa shape index (κ3) is 4.30. The molecule has 1 aliphatic rings. The van der Waals surface area contributed by atoms with Crippen molar-refractivity contribution in [1.29, 1.82) is 0 Å². The SMILES string of the molecule is CCOc1ccccc1C(=O)N1CCCC[C@H]1c1nc(N(C)C)ncc1-c1cc(C)no1. The van der Waals surface area contributed by atoms with Crippen LogP contribution in [0.3, 0.4) is 0 Å². The number of benzene rings is 1. The van der Waals surface area contributed by atoms with E-state index in [0.29, 0.717) is 36.2 Å². The third-order valence-corrected chi connectivity index (χ3v) is 5.60. The molecule has 2 aromatic heterocycles. The topological polar surface area (TPSA) is 84.6 Å². The molecule has 8 nitrogen and oxygen atoms in total. The molecule has 1 amide bonds. The molecule has 1 aliphatic heterocycles. The van der Waals surface area contributed by atoms with Gasteiger partial charge >= 0.3 is 0 Å². The van der Waals surface area contributed by atoms with Crippen LogP contribution in [-0.4, -0.2) is 53.2 Å². The zero-order chi connectivity index (χ0) is 22.7. The number of rotatable bonds is 6. The minimum Gasteiger partial charge on any atom is -0.493 e. The highest BCUT2D eigenvalue weighted by Crippen LogP contribution is 2.38. The van der Waals surface area contributed by atoms with Crippen LogP contribution in [0.2, 0.25) is 0 Å². The number of aryl methyl sites for hydroxylation is 1. The van der Waals surface area contributed by atoms with Gasteiger partial charge in [0.05, 0.1) is 35.2 Å². The molecular weight excluding hydrogens is 406 g/mol. The standard InChI is InChI=1S/C24H29N5O3/c1-5-31-20-12-7-6-10-17(20)23(30)29-13-9-8-11-19(29)22-18(21-14-16(2)27-32-21)15-25-24(26-22)28(3)4/h6-7,10,12,14-15,19H,5,8-9,11,13H2,1-4H3/t19-/m0/s1. The van der Waals surface area contributed by atoms with Gasteiger partial charge in [0, 0.05) is 32.9 Å². The van der Waals surface area contributed by atoms with E-state index in [1.54, 1.807) is 6.20 Å². The number of nitrogens with zero attached hydrogens (tertiary/aromatic N) is 5. The molecule has 0 N–H and O–H groups in total. The van der Waals surface area contributed by atoms with Gasteiger partial charge in [0.1, 0.15) is 5.75 Å². The minimum absolute atomic E-state index is 0.0523. The van der Waals surface area contributed by atoms with Crippen molar-refractivity contribution in [3.8, 4) is 17.1 Å². The van der Waals surface area contributed by atoms with Gasteiger partial charge in [-0.25, -0.2) is 9.97 Å². The number of carbonyl (C=O) groups excluding carboxylic acids is 1. The molecule has 1 fully saturated rings. The number of hydrogen-bond acceptors (Lipinski definition) is 7. The Morgan fingerprint density at radius 3 is 2.81 bits per heavy atom. The van der Waals surface area contributed by atoms with Gasteiger partial charge < -0.3 is 19.1 Å². The number of anilines is 1. The van der Waals surface area contributed by atoms with Crippen molar-refractivity contribution < 1.29 is 14.1 Å². The van der Waals surface area contributed by atoms with Gasteiger partial charge in [0.25, 0.3) is 5.91 Å². The molecule has 0 saturated carbocycles. The Balaban J connectivity index is 1.79. The quantitative estimate of drug-likeness (QED) is 0.571. The third-order valence-electron chi connectivity index (χ3n) is 5.60. The summed E-state index contributed by atoms with van der Waals surface area (Å²) in [5.41, 5.74) is 2.89. The molecule has 4 rings (SSSR count). The maximum atomic E-state index is 13.7. The summed E-state index contributed by atoms with van der Waals surface area (Å²) in [4.78, 5) is 26.8. The summed E-state index contributed by atoms with van der Waals surface area (Å²) in [5.74, 6) is 1.75.